The molecule has 50 valence electrons. The van der Waals surface area contributed by atoms with E-state index < -0.39 is 0 Å². The third kappa shape index (κ3) is 7.24. The van der Waals surface area contributed by atoms with E-state index in [4.69, 9.17) is 16.8 Å². The molecule has 0 fully saturated rings. The molecule has 9 heavy (non-hydrogen) atoms. The van der Waals surface area contributed by atoms with E-state index in [0.29, 0.717) is 5.03 Å². The normalized spacial score (nSPS) is 13.8. The molecule has 0 aliphatic rings. The predicted octanol–water partition coefficient (Wildman–Crippen LogP) is 2.15. The Morgan fingerprint density at radius 1 is 1.56 bits per heavy atom. The van der Waals surface area contributed by atoms with Crippen LogP contribution < -0.4 is 0 Å². The third-order valence-corrected chi connectivity index (χ3v) is 0.716. The molecule has 0 aliphatic heterocycles. The summed E-state index contributed by atoms with van der Waals surface area (Å²) in [4.78, 5) is 0. The first-order valence-electron chi connectivity index (χ1n) is 2.44. The molecule has 0 aromatic carbocycles. The van der Waals surface area contributed by atoms with Gasteiger partial charge in [-0.3, -0.25) is 0 Å². The van der Waals surface area contributed by atoms with Gasteiger partial charge in [-0.15, -0.1) is 0 Å². The van der Waals surface area contributed by atoms with Gasteiger partial charge in [-0.1, -0.05) is 22.8 Å². The van der Waals surface area contributed by atoms with Crippen molar-refractivity contribution in [2.75, 3.05) is 0 Å². The average Bonchev–Trinajstić information content (AvgIpc) is 1.80. The van der Waals surface area contributed by atoms with Crippen molar-refractivity contribution in [2.24, 2.45) is 5.16 Å². The van der Waals surface area contributed by atoms with E-state index >= 15 is 0 Å². The van der Waals surface area contributed by atoms with Crippen LogP contribution in [0.4, 0.5) is 0 Å². The Labute approximate surface area is 59.1 Å². The monoisotopic (exact) mass is 145 g/mol. The largest absolute Gasteiger partial charge is 0.411 e. The summed E-state index contributed by atoms with van der Waals surface area (Å²) in [6.07, 6.45) is 6.22. The fraction of sp³-hybridized carbons (Fsp3) is 0.167. The van der Waals surface area contributed by atoms with E-state index in [1.807, 2.05) is 0 Å². The van der Waals surface area contributed by atoms with Crippen molar-refractivity contribution in [1.29, 1.82) is 0 Å². The van der Waals surface area contributed by atoms with Gasteiger partial charge in [0.1, 0.15) is 0 Å². The highest BCUT2D eigenvalue weighted by Gasteiger charge is 1.70. The van der Waals surface area contributed by atoms with Crippen molar-refractivity contribution in [1.82, 2.24) is 0 Å². The van der Waals surface area contributed by atoms with Crippen molar-refractivity contribution in [3.05, 3.63) is 23.3 Å². The molecule has 0 spiro atoms. The summed E-state index contributed by atoms with van der Waals surface area (Å²) in [7, 11) is 0. The van der Waals surface area contributed by atoms with Crippen LogP contribution >= 0.6 is 11.6 Å². The number of allylic oxidation sites excluding steroid dienone is 4. The minimum absolute atomic E-state index is 0.692. The van der Waals surface area contributed by atoms with Gasteiger partial charge in [0.15, 0.2) is 0 Å². The maximum atomic E-state index is 7.90. The molecule has 0 atom stereocenters. The van der Waals surface area contributed by atoms with Crippen LogP contribution in [0.1, 0.15) is 6.92 Å². The lowest BCUT2D eigenvalue weighted by atomic mass is 10.4. The molecular formula is C6H8ClNO. The number of hydrogen-bond donors (Lipinski definition) is 1. The number of nitrogens with zero attached hydrogens (tertiary/aromatic N) is 1. The first kappa shape index (κ1) is 8.24. The molecule has 0 bridgehead atoms. The van der Waals surface area contributed by atoms with Crippen molar-refractivity contribution >= 4 is 17.8 Å². The van der Waals surface area contributed by atoms with Crippen LogP contribution in [0.2, 0.25) is 0 Å². The first-order valence-corrected chi connectivity index (χ1v) is 2.81. The van der Waals surface area contributed by atoms with Crippen LogP contribution in [0.15, 0.2) is 28.4 Å². The smallest absolute Gasteiger partial charge is 0.0661 e. The van der Waals surface area contributed by atoms with E-state index in [0.717, 1.165) is 0 Å². The highest BCUT2D eigenvalue weighted by atomic mass is 35.5. The van der Waals surface area contributed by atoms with Crippen LogP contribution in [-0.2, 0) is 0 Å². The molecule has 0 aromatic rings. The van der Waals surface area contributed by atoms with E-state index in [9.17, 15) is 0 Å². The van der Waals surface area contributed by atoms with E-state index in [1.54, 1.807) is 25.2 Å². The lowest BCUT2D eigenvalue weighted by Crippen LogP contribution is -1.61. The van der Waals surface area contributed by atoms with Crippen LogP contribution in [0.3, 0.4) is 0 Å². The maximum absolute atomic E-state index is 7.90. The molecule has 0 saturated carbocycles. The quantitative estimate of drug-likeness (QED) is 0.275. The van der Waals surface area contributed by atoms with E-state index in [1.165, 1.54) is 6.21 Å². The molecule has 0 unspecified atom stereocenters. The topological polar surface area (TPSA) is 32.6 Å². The van der Waals surface area contributed by atoms with Crippen molar-refractivity contribution in [3.63, 3.8) is 0 Å². The summed E-state index contributed by atoms with van der Waals surface area (Å²) in [5.41, 5.74) is 0. The summed E-state index contributed by atoms with van der Waals surface area (Å²) in [6, 6.07) is 0. The standard InChI is InChI=1S/C6H8ClNO/c1-6(7)4-2-3-5-8-9/h2-5,9H,1H3/b3-2-,6-4+,8-5+. The van der Waals surface area contributed by atoms with E-state index in [-0.39, 0.29) is 0 Å². The molecule has 0 heterocycles. The number of rotatable bonds is 2. The maximum Gasteiger partial charge on any atom is 0.0661 e. The summed E-state index contributed by atoms with van der Waals surface area (Å²) >= 11 is 5.46. The highest BCUT2D eigenvalue weighted by molar-refractivity contribution is 6.29. The van der Waals surface area contributed by atoms with Gasteiger partial charge in [-0.25, -0.2) is 0 Å². The molecule has 1 N–H and O–H groups in total. The van der Waals surface area contributed by atoms with E-state index in [2.05, 4.69) is 5.16 Å². The fourth-order valence-electron chi connectivity index (χ4n) is 0.276. The molecule has 0 amide bonds. The number of halogens is 1. The van der Waals surface area contributed by atoms with Crippen molar-refractivity contribution in [2.45, 2.75) is 6.92 Å². The second-order valence-electron chi connectivity index (χ2n) is 1.40. The molecular weight excluding hydrogens is 138 g/mol. The van der Waals surface area contributed by atoms with Crippen molar-refractivity contribution in [3.8, 4) is 0 Å². The molecule has 0 aliphatic carbocycles. The minimum Gasteiger partial charge on any atom is -0.411 e. The number of oxime groups is 1. The number of hydrogen-bond acceptors (Lipinski definition) is 2. The lowest BCUT2D eigenvalue weighted by molar-refractivity contribution is 0.322. The summed E-state index contributed by atoms with van der Waals surface area (Å²) in [6.45, 7) is 1.77. The zero-order chi connectivity index (χ0) is 7.11. The molecule has 0 aromatic heterocycles. The summed E-state index contributed by atoms with van der Waals surface area (Å²) < 4.78 is 0. The third-order valence-electron chi connectivity index (χ3n) is 0.590. The molecule has 0 rings (SSSR count). The van der Waals surface area contributed by atoms with Crippen molar-refractivity contribution < 1.29 is 5.21 Å². The Kier molecular flexibility index (Phi) is 4.92. The van der Waals surface area contributed by atoms with Gasteiger partial charge in [0, 0.05) is 5.03 Å². The molecule has 0 saturated heterocycles. The Morgan fingerprint density at radius 2 is 2.22 bits per heavy atom. The van der Waals surface area contributed by atoms with Gasteiger partial charge in [0.2, 0.25) is 0 Å². The molecule has 2 nitrogen and oxygen atoms in total. The minimum atomic E-state index is 0.692. The Morgan fingerprint density at radius 3 is 2.67 bits per heavy atom. The Balaban J connectivity index is 3.60. The second-order valence-corrected chi connectivity index (χ2v) is 2.00. The van der Waals surface area contributed by atoms with Gasteiger partial charge in [0.05, 0.1) is 6.21 Å². The van der Waals surface area contributed by atoms with Gasteiger partial charge in [0.25, 0.3) is 0 Å². The Bertz CT molecular complexity index is 145. The zero-order valence-corrected chi connectivity index (χ0v) is 5.84. The second kappa shape index (κ2) is 5.38. The van der Waals surface area contributed by atoms with Crippen LogP contribution in [0.25, 0.3) is 0 Å². The molecule has 3 heteroatoms. The Hall–Kier alpha value is -0.760. The predicted molar refractivity (Wildman–Crippen MR) is 39.0 cm³/mol. The zero-order valence-electron chi connectivity index (χ0n) is 5.08. The average molecular weight is 146 g/mol. The molecule has 0 radical (unpaired) electrons. The fourth-order valence-corrected chi connectivity index (χ4v) is 0.349. The van der Waals surface area contributed by atoms with Gasteiger partial charge < -0.3 is 5.21 Å². The van der Waals surface area contributed by atoms with Gasteiger partial charge in [-0.2, -0.15) is 0 Å². The summed E-state index contributed by atoms with van der Waals surface area (Å²) in [5, 5.41) is 11.3. The van der Waals surface area contributed by atoms with Crippen LogP contribution in [0, 0.1) is 0 Å². The van der Waals surface area contributed by atoms with Gasteiger partial charge in [-0.05, 0) is 19.1 Å². The summed E-state index contributed by atoms with van der Waals surface area (Å²) in [5.74, 6) is 0. The SMILES string of the molecule is C\C(Cl)=C/C=C\C=N\O. The first-order chi connectivity index (χ1) is 4.27. The highest BCUT2D eigenvalue weighted by Crippen LogP contribution is 1.96. The van der Waals surface area contributed by atoms with Gasteiger partial charge >= 0.3 is 0 Å². The van der Waals surface area contributed by atoms with Crippen LogP contribution in [-0.4, -0.2) is 11.4 Å². The lowest BCUT2D eigenvalue weighted by Gasteiger charge is -1.75. The van der Waals surface area contributed by atoms with Crippen LogP contribution in [0.5, 0.6) is 0 Å².